The second-order valence-electron chi connectivity index (χ2n) is 3.03. The molecule has 2 nitrogen and oxygen atoms in total. The maximum atomic E-state index is 9.47. The molecule has 2 atom stereocenters. The van der Waals surface area contributed by atoms with Crippen molar-refractivity contribution >= 4 is 23.2 Å². The zero-order chi connectivity index (χ0) is 10.7. The smallest absolute Gasteiger partial charge is 0.111 e. The van der Waals surface area contributed by atoms with Gasteiger partial charge in [-0.2, -0.15) is 0 Å². The standard InChI is InChI=1S/C10H12Cl2O2/c1-6(13)10(14-2)9-7(11)4-3-5-8(9)12/h3-6,10,13H,1-2H3/t6-,10+/m0/s1. The molecule has 1 aromatic carbocycles. The Balaban J connectivity index is 3.15. The van der Waals surface area contributed by atoms with Crippen molar-refractivity contribution in [1.82, 2.24) is 0 Å². The van der Waals surface area contributed by atoms with Crippen LogP contribution in [0, 0.1) is 0 Å². The highest BCUT2D eigenvalue weighted by Gasteiger charge is 2.21. The van der Waals surface area contributed by atoms with Crippen LogP contribution in [-0.4, -0.2) is 18.3 Å². The lowest BCUT2D eigenvalue weighted by molar-refractivity contribution is -0.00336. The van der Waals surface area contributed by atoms with Gasteiger partial charge in [0.15, 0.2) is 0 Å². The van der Waals surface area contributed by atoms with Crippen LogP contribution in [0.5, 0.6) is 0 Å². The van der Waals surface area contributed by atoms with Crippen molar-refractivity contribution in [2.24, 2.45) is 0 Å². The van der Waals surface area contributed by atoms with Crippen LogP contribution in [0.15, 0.2) is 18.2 Å². The SMILES string of the molecule is CO[C@@H](c1c(Cl)cccc1Cl)[C@H](C)O. The fourth-order valence-corrected chi connectivity index (χ4v) is 1.95. The number of rotatable bonds is 3. The van der Waals surface area contributed by atoms with Crippen LogP contribution in [0.25, 0.3) is 0 Å². The van der Waals surface area contributed by atoms with E-state index in [2.05, 4.69) is 0 Å². The number of hydrogen-bond donors (Lipinski definition) is 1. The Morgan fingerprint density at radius 1 is 1.29 bits per heavy atom. The van der Waals surface area contributed by atoms with Gasteiger partial charge in [0, 0.05) is 22.7 Å². The number of aliphatic hydroxyl groups excluding tert-OH is 1. The molecule has 1 rings (SSSR count). The minimum absolute atomic E-state index is 0.490. The van der Waals surface area contributed by atoms with Crippen molar-refractivity contribution in [3.63, 3.8) is 0 Å². The fourth-order valence-electron chi connectivity index (χ4n) is 1.34. The van der Waals surface area contributed by atoms with E-state index in [4.69, 9.17) is 27.9 Å². The second-order valence-corrected chi connectivity index (χ2v) is 3.85. The van der Waals surface area contributed by atoms with Gasteiger partial charge >= 0.3 is 0 Å². The Labute approximate surface area is 93.4 Å². The molecule has 1 aromatic rings. The highest BCUT2D eigenvalue weighted by atomic mass is 35.5. The third-order valence-corrected chi connectivity index (χ3v) is 2.64. The summed E-state index contributed by atoms with van der Waals surface area (Å²) in [5, 5.41) is 10.5. The van der Waals surface area contributed by atoms with Gasteiger partial charge < -0.3 is 9.84 Å². The maximum absolute atomic E-state index is 9.47. The minimum atomic E-state index is -0.655. The number of aliphatic hydroxyl groups is 1. The van der Waals surface area contributed by atoms with E-state index < -0.39 is 12.2 Å². The number of methoxy groups -OCH3 is 1. The maximum Gasteiger partial charge on any atom is 0.111 e. The van der Waals surface area contributed by atoms with E-state index in [1.807, 2.05) is 0 Å². The molecule has 0 saturated heterocycles. The highest BCUT2D eigenvalue weighted by molar-refractivity contribution is 6.36. The third-order valence-electron chi connectivity index (χ3n) is 1.98. The summed E-state index contributed by atoms with van der Waals surface area (Å²) < 4.78 is 5.14. The van der Waals surface area contributed by atoms with E-state index in [9.17, 15) is 5.11 Å². The van der Waals surface area contributed by atoms with E-state index in [-0.39, 0.29) is 0 Å². The fraction of sp³-hybridized carbons (Fsp3) is 0.400. The Morgan fingerprint density at radius 2 is 1.79 bits per heavy atom. The first-order valence-electron chi connectivity index (χ1n) is 4.22. The summed E-state index contributed by atoms with van der Waals surface area (Å²) in [5.74, 6) is 0. The average Bonchev–Trinajstić information content (AvgIpc) is 2.10. The lowest BCUT2D eigenvalue weighted by Gasteiger charge is -2.20. The zero-order valence-corrected chi connectivity index (χ0v) is 9.51. The monoisotopic (exact) mass is 234 g/mol. The van der Waals surface area contributed by atoms with Gasteiger partial charge in [0.25, 0.3) is 0 Å². The number of ether oxygens (including phenoxy) is 1. The van der Waals surface area contributed by atoms with Crippen molar-refractivity contribution in [2.45, 2.75) is 19.1 Å². The van der Waals surface area contributed by atoms with Crippen LogP contribution < -0.4 is 0 Å². The Hall–Kier alpha value is -0.280. The Bertz CT molecular complexity index is 293. The molecule has 78 valence electrons. The minimum Gasteiger partial charge on any atom is -0.390 e. The highest BCUT2D eigenvalue weighted by Crippen LogP contribution is 2.33. The van der Waals surface area contributed by atoms with Gasteiger partial charge in [-0.15, -0.1) is 0 Å². The summed E-state index contributed by atoms with van der Waals surface area (Å²) in [5.41, 5.74) is 0.633. The van der Waals surface area contributed by atoms with E-state index >= 15 is 0 Å². The molecule has 0 heterocycles. The summed E-state index contributed by atoms with van der Waals surface area (Å²) in [6.45, 7) is 1.63. The molecule has 0 bridgehead atoms. The van der Waals surface area contributed by atoms with Crippen molar-refractivity contribution in [3.05, 3.63) is 33.8 Å². The molecule has 0 spiro atoms. The van der Waals surface area contributed by atoms with Gasteiger partial charge in [-0.25, -0.2) is 0 Å². The quantitative estimate of drug-likeness (QED) is 0.872. The molecule has 0 fully saturated rings. The predicted octanol–water partition coefficient (Wildman–Crippen LogP) is 3.06. The lowest BCUT2D eigenvalue weighted by atomic mass is 10.1. The van der Waals surface area contributed by atoms with Crippen molar-refractivity contribution in [3.8, 4) is 0 Å². The number of benzene rings is 1. The Morgan fingerprint density at radius 3 is 2.14 bits per heavy atom. The summed E-state index contributed by atoms with van der Waals surface area (Å²) >= 11 is 11.9. The van der Waals surface area contributed by atoms with E-state index in [0.717, 1.165) is 0 Å². The van der Waals surface area contributed by atoms with Crippen LogP contribution in [0.3, 0.4) is 0 Å². The molecule has 0 aliphatic carbocycles. The van der Waals surface area contributed by atoms with Crippen LogP contribution in [-0.2, 0) is 4.74 Å². The summed E-state index contributed by atoms with van der Waals surface area (Å²) in [6, 6.07) is 5.19. The van der Waals surface area contributed by atoms with Gasteiger partial charge in [0.2, 0.25) is 0 Å². The van der Waals surface area contributed by atoms with Gasteiger partial charge in [0.05, 0.1) is 6.10 Å². The topological polar surface area (TPSA) is 29.5 Å². The van der Waals surface area contributed by atoms with E-state index in [1.165, 1.54) is 7.11 Å². The van der Waals surface area contributed by atoms with Gasteiger partial charge in [-0.05, 0) is 19.1 Å². The molecule has 14 heavy (non-hydrogen) atoms. The predicted molar refractivity (Wildman–Crippen MR) is 57.9 cm³/mol. The van der Waals surface area contributed by atoms with Crippen LogP contribution in [0.1, 0.15) is 18.6 Å². The van der Waals surface area contributed by atoms with Crippen molar-refractivity contribution in [2.75, 3.05) is 7.11 Å². The largest absolute Gasteiger partial charge is 0.390 e. The second kappa shape index (κ2) is 4.99. The van der Waals surface area contributed by atoms with Gasteiger partial charge in [-0.1, -0.05) is 29.3 Å². The molecule has 0 saturated carbocycles. The molecule has 1 N–H and O–H groups in total. The molecule has 0 aliphatic rings. The molecule has 0 radical (unpaired) electrons. The molecule has 0 amide bonds. The summed E-state index contributed by atoms with van der Waals surface area (Å²) in [4.78, 5) is 0. The average molecular weight is 235 g/mol. The van der Waals surface area contributed by atoms with Crippen LogP contribution in [0.4, 0.5) is 0 Å². The normalized spacial score (nSPS) is 15.2. The number of hydrogen-bond acceptors (Lipinski definition) is 2. The molecular formula is C10H12Cl2O2. The van der Waals surface area contributed by atoms with Gasteiger partial charge in [-0.3, -0.25) is 0 Å². The Kier molecular flexibility index (Phi) is 4.20. The first-order chi connectivity index (χ1) is 6.57. The van der Waals surface area contributed by atoms with E-state index in [1.54, 1.807) is 25.1 Å². The van der Waals surface area contributed by atoms with Crippen LogP contribution in [0.2, 0.25) is 10.0 Å². The zero-order valence-electron chi connectivity index (χ0n) is 8.00. The van der Waals surface area contributed by atoms with Crippen molar-refractivity contribution < 1.29 is 9.84 Å². The van der Waals surface area contributed by atoms with Crippen molar-refractivity contribution in [1.29, 1.82) is 0 Å². The lowest BCUT2D eigenvalue weighted by Crippen LogP contribution is -2.17. The van der Waals surface area contributed by atoms with Crippen LogP contribution >= 0.6 is 23.2 Å². The molecule has 0 aliphatic heterocycles. The first kappa shape index (κ1) is 11.8. The number of halogens is 2. The van der Waals surface area contributed by atoms with E-state index in [0.29, 0.717) is 15.6 Å². The third kappa shape index (κ3) is 2.39. The summed E-state index contributed by atoms with van der Waals surface area (Å²) in [7, 11) is 1.51. The molecule has 0 unspecified atom stereocenters. The first-order valence-corrected chi connectivity index (χ1v) is 4.98. The molecular weight excluding hydrogens is 223 g/mol. The summed E-state index contributed by atoms with van der Waals surface area (Å²) in [6.07, 6.45) is -1.14. The molecule has 4 heteroatoms. The van der Waals surface area contributed by atoms with Gasteiger partial charge in [0.1, 0.15) is 6.10 Å². The molecule has 0 aromatic heterocycles.